The second-order valence-electron chi connectivity index (χ2n) is 6.09. The molecular weight excluding hydrogens is 386 g/mol. The highest BCUT2D eigenvalue weighted by molar-refractivity contribution is 7.98. The largest absolute Gasteiger partial charge is 0.441 e. The monoisotopic (exact) mass is 401 g/mol. The Labute approximate surface area is 163 Å². The minimum atomic E-state index is -0.234. The van der Waals surface area contributed by atoms with Crippen molar-refractivity contribution in [2.75, 3.05) is 0 Å². The molecule has 0 saturated carbocycles. The summed E-state index contributed by atoms with van der Waals surface area (Å²) in [6.45, 7) is 3.63. The van der Waals surface area contributed by atoms with Crippen LogP contribution in [0.2, 0.25) is 5.02 Å². The van der Waals surface area contributed by atoms with Crippen molar-refractivity contribution in [1.29, 1.82) is 0 Å². The molecule has 0 amide bonds. The van der Waals surface area contributed by atoms with Crippen LogP contribution in [0.15, 0.2) is 38.6 Å². The molecule has 1 N–H and O–H groups in total. The topological polar surface area (TPSA) is 89.6 Å². The molecule has 0 saturated heterocycles. The number of rotatable bonds is 4. The minimum Gasteiger partial charge on any atom is -0.441 e. The second-order valence-corrected chi connectivity index (χ2v) is 7.47. The van der Waals surface area contributed by atoms with Crippen molar-refractivity contribution < 1.29 is 4.42 Å². The van der Waals surface area contributed by atoms with Gasteiger partial charge in [0, 0.05) is 23.4 Å². The van der Waals surface area contributed by atoms with Gasteiger partial charge in [-0.05, 0) is 38.1 Å². The molecule has 9 heteroatoms. The fraction of sp³-hybridized carbons (Fsp3) is 0.222. The van der Waals surface area contributed by atoms with E-state index in [1.165, 1.54) is 11.8 Å². The summed E-state index contributed by atoms with van der Waals surface area (Å²) in [5, 5.41) is 1.36. The number of nitrogens with zero attached hydrogens (tertiary/aromatic N) is 4. The summed E-state index contributed by atoms with van der Waals surface area (Å²) in [6.07, 6.45) is 0. The number of halogens is 1. The van der Waals surface area contributed by atoms with E-state index in [1.54, 1.807) is 19.1 Å². The molecule has 0 aliphatic heterocycles. The molecule has 0 aliphatic rings. The van der Waals surface area contributed by atoms with Gasteiger partial charge in [0.25, 0.3) is 5.56 Å². The van der Waals surface area contributed by atoms with Crippen LogP contribution in [-0.4, -0.2) is 24.5 Å². The number of aromatic amines is 1. The standard InChI is InChI=1S/C18H16ClN5O2S/c1-9-13(22-17(26-9)11-4-6-12(19)7-5-11)8-27-18-23-14-15(24(18)3)20-10(2)21-16(14)25/h4-7H,8H2,1-3H3,(H,20,21,25). The third-order valence-electron chi connectivity index (χ3n) is 4.13. The third kappa shape index (κ3) is 3.38. The van der Waals surface area contributed by atoms with E-state index in [4.69, 9.17) is 16.0 Å². The summed E-state index contributed by atoms with van der Waals surface area (Å²) >= 11 is 7.41. The van der Waals surface area contributed by atoms with E-state index < -0.39 is 0 Å². The number of oxazole rings is 1. The van der Waals surface area contributed by atoms with E-state index in [0.29, 0.717) is 38.8 Å². The highest BCUT2D eigenvalue weighted by atomic mass is 35.5. The van der Waals surface area contributed by atoms with Crippen molar-refractivity contribution in [3.63, 3.8) is 0 Å². The molecule has 0 atom stereocenters. The number of aromatic nitrogens is 5. The molecule has 1 aromatic carbocycles. The van der Waals surface area contributed by atoms with Crippen molar-refractivity contribution >= 4 is 34.5 Å². The number of benzene rings is 1. The van der Waals surface area contributed by atoms with E-state index in [1.807, 2.05) is 30.7 Å². The Morgan fingerprint density at radius 2 is 1.93 bits per heavy atom. The number of aryl methyl sites for hydroxylation is 3. The van der Waals surface area contributed by atoms with Crippen LogP contribution in [0.3, 0.4) is 0 Å². The van der Waals surface area contributed by atoms with Crippen LogP contribution < -0.4 is 5.56 Å². The van der Waals surface area contributed by atoms with Gasteiger partial charge in [0.05, 0.1) is 5.69 Å². The first-order valence-electron chi connectivity index (χ1n) is 8.21. The Kier molecular flexibility index (Phi) is 4.53. The number of fused-ring (bicyclic) bond motifs is 1. The first-order chi connectivity index (χ1) is 12.9. The smallest absolute Gasteiger partial charge is 0.279 e. The van der Waals surface area contributed by atoms with Crippen LogP contribution in [-0.2, 0) is 12.8 Å². The molecule has 3 heterocycles. The molecule has 138 valence electrons. The van der Waals surface area contributed by atoms with Crippen molar-refractivity contribution in [3.8, 4) is 11.5 Å². The van der Waals surface area contributed by atoms with Crippen LogP contribution in [0.25, 0.3) is 22.6 Å². The fourth-order valence-electron chi connectivity index (χ4n) is 2.70. The van der Waals surface area contributed by atoms with Gasteiger partial charge in [-0.2, -0.15) is 0 Å². The summed E-state index contributed by atoms with van der Waals surface area (Å²) in [4.78, 5) is 28.1. The van der Waals surface area contributed by atoms with Gasteiger partial charge in [-0.15, -0.1) is 0 Å². The van der Waals surface area contributed by atoms with E-state index in [0.717, 1.165) is 17.0 Å². The number of hydrogen-bond acceptors (Lipinski definition) is 6. The Hall–Kier alpha value is -2.58. The quantitative estimate of drug-likeness (QED) is 0.522. The van der Waals surface area contributed by atoms with Crippen molar-refractivity contribution in [2.24, 2.45) is 7.05 Å². The highest BCUT2D eigenvalue weighted by Gasteiger charge is 2.16. The lowest BCUT2D eigenvalue weighted by Gasteiger charge is -2.00. The minimum absolute atomic E-state index is 0.234. The molecule has 0 bridgehead atoms. The van der Waals surface area contributed by atoms with Gasteiger partial charge in [-0.1, -0.05) is 23.4 Å². The molecule has 7 nitrogen and oxygen atoms in total. The lowest BCUT2D eigenvalue weighted by atomic mass is 10.2. The van der Waals surface area contributed by atoms with E-state index in [9.17, 15) is 4.79 Å². The Bertz CT molecular complexity index is 1190. The van der Waals surface area contributed by atoms with Crippen molar-refractivity contribution in [2.45, 2.75) is 24.8 Å². The number of hydrogen-bond donors (Lipinski definition) is 1. The maximum atomic E-state index is 12.1. The van der Waals surface area contributed by atoms with Gasteiger partial charge in [-0.3, -0.25) is 4.79 Å². The van der Waals surface area contributed by atoms with Crippen LogP contribution >= 0.6 is 23.4 Å². The molecule has 3 aromatic heterocycles. The van der Waals surface area contributed by atoms with Crippen LogP contribution in [0.1, 0.15) is 17.3 Å². The number of H-pyrrole nitrogens is 1. The molecule has 0 spiro atoms. The normalized spacial score (nSPS) is 11.4. The lowest BCUT2D eigenvalue weighted by molar-refractivity contribution is 0.540. The molecule has 0 unspecified atom stereocenters. The summed E-state index contributed by atoms with van der Waals surface area (Å²) in [7, 11) is 1.85. The maximum Gasteiger partial charge on any atom is 0.279 e. The third-order valence-corrected chi connectivity index (χ3v) is 5.42. The van der Waals surface area contributed by atoms with Crippen molar-refractivity contribution in [1.82, 2.24) is 24.5 Å². The Morgan fingerprint density at radius 3 is 2.67 bits per heavy atom. The predicted molar refractivity (Wildman–Crippen MR) is 105 cm³/mol. The second kappa shape index (κ2) is 6.86. The van der Waals surface area contributed by atoms with Crippen molar-refractivity contribution in [3.05, 3.63) is 56.9 Å². The van der Waals surface area contributed by atoms with E-state index >= 15 is 0 Å². The van der Waals surface area contributed by atoms with E-state index in [2.05, 4.69) is 19.9 Å². The fourth-order valence-corrected chi connectivity index (χ4v) is 3.80. The van der Waals surface area contributed by atoms with Gasteiger partial charge in [-0.25, -0.2) is 15.0 Å². The van der Waals surface area contributed by atoms with Crippen LogP contribution in [0.5, 0.6) is 0 Å². The summed E-state index contributed by atoms with van der Waals surface area (Å²) in [6, 6.07) is 7.35. The SMILES string of the molecule is Cc1nc2c(nc(SCc3nc(-c4ccc(Cl)cc4)oc3C)n2C)c(=O)[nH]1. The zero-order valence-corrected chi connectivity index (χ0v) is 16.5. The number of thioether (sulfide) groups is 1. The number of imidazole rings is 1. The molecular formula is C18H16ClN5O2S. The highest BCUT2D eigenvalue weighted by Crippen LogP contribution is 2.28. The Balaban J connectivity index is 1.60. The summed E-state index contributed by atoms with van der Waals surface area (Å²) in [5.41, 5.74) is 2.37. The zero-order valence-electron chi connectivity index (χ0n) is 14.9. The first-order valence-corrected chi connectivity index (χ1v) is 9.57. The van der Waals surface area contributed by atoms with Gasteiger partial charge < -0.3 is 14.0 Å². The average molecular weight is 402 g/mol. The Morgan fingerprint density at radius 1 is 1.19 bits per heavy atom. The summed E-state index contributed by atoms with van der Waals surface area (Å²) in [5.74, 6) is 2.43. The van der Waals surface area contributed by atoms with E-state index in [-0.39, 0.29) is 5.56 Å². The van der Waals surface area contributed by atoms with Crippen LogP contribution in [0, 0.1) is 13.8 Å². The van der Waals surface area contributed by atoms with Gasteiger partial charge in [0.1, 0.15) is 11.6 Å². The van der Waals surface area contributed by atoms with Gasteiger partial charge in [0.2, 0.25) is 5.89 Å². The number of nitrogens with one attached hydrogen (secondary N) is 1. The molecule has 0 aliphatic carbocycles. The molecule has 4 rings (SSSR count). The average Bonchev–Trinajstić information content (AvgIpc) is 3.15. The lowest BCUT2D eigenvalue weighted by Crippen LogP contribution is -2.10. The summed E-state index contributed by atoms with van der Waals surface area (Å²) < 4.78 is 7.61. The molecule has 0 fully saturated rings. The molecule has 0 radical (unpaired) electrons. The first kappa shape index (κ1) is 17.8. The van der Waals surface area contributed by atoms with Gasteiger partial charge in [0.15, 0.2) is 16.3 Å². The zero-order chi connectivity index (χ0) is 19.1. The molecule has 27 heavy (non-hydrogen) atoms. The van der Waals surface area contributed by atoms with Gasteiger partial charge >= 0.3 is 0 Å². The van der Waals surface area contributed by atoms with Crippen LogP contribution in [0.4, 0.5) is 0 Å². The maximum absolute atomic E-state index is 12.1. The molecule has 4 aromatic rings. The predicted octanol–water partition coefficient (Wildman–Crippen LogP) is 3.87.